The fourth-order valence-corrected chi connectivity index (χ4v) is 3.23. The lowest BCUT2D eigenvalue weighted by Gasteiger charge is -2.34. The van der Waals surface area contributed by atoms with Crippen LogP contribution in [0.15, 0.2) is 42.5 Å². The molecule has 3 N–H and O–H groups in total. The summed E-state index contributed by atoms with van der Waals surface area (Å²) in [5.74, 6) is 0. The van der Waals surface area contributed by atoms with Crippen LogP contribution in [0.4, 0.5) is 43.4 Å². The quantitative estimate of drug-likeness (QED) is 0.534. The van der Waals surface area contributed by atoms with Crippen LogP contribution in [-0.2, 0) is 12.4 Å². The van der Waals surface area contributed by atoms with E-state index in [1.165, 1.54) is 18.2 Å². The van der Waals surface area contributed by atoms with E-state index < -0.39 is 23.5 Å². The van der Waals surface area contributed by atoms with E-state index in [0.717, 1.165) is 24.3 Å². The summed E-state index contributed by atoms with van der Waals surface area (Å²) in [6.45, 7) is 1.23. The fourth-order valence-electron chi connectivity index (χ4n) is 3.23. The van der Waals surface area contributed by atoms with Crippen molar-refractivity contribution in [3.63, 3.8) is 0 Å². The Balaban J connectivity index is 1.59. The summed E-state index contributed by atoms with van der Waals surface area (Å²) in [7, 11) is 0. The predicted molar refractivity (Wildman–Crippen MR) is 96.2 cm³/mol. The number of rotatable bonds is 3. The van der Waals surface area contributed by atoms with Crippen molar-refractivity contribution in [1.29, 1.82) is 0 Å². The summed E-state index contributed by atoms with van der Waals surface area (Å²) >= 11 is 0. The summed E-state index contributed by atoms with van der Waals surface area (Å²) in [5.41, 5.74) is 5.43. The Bertz CT molecular complexity index is 806. The van der Waals surface area contributed by atoms with Crippen molar-refractivity contribution in [2.24, 2.45) is 0 Å². The van der Waals surface area contributed by atoms with Crippen molar-refractivity contribution < 1.29 is 26.3 Å². The highest BCUT2D eigenvalue weighted by atomic mass is 19.4. The zero-order valence-corrected chi connectivity index (χ0v) is 14.7. The molecule has 0 radical (unpaired) electrons. The Morgan fingerprint density at radius 1 is 0.821 bits per heavy atom. The average molecular weight is 403 g/mol. The van der Waals surface area contributed by atoms with Gasteiger partial charge in [0.2, 0.25) is 0 Å². The number of nitrogens with one attached hydrogen (secondary N) is 1. The number of halogens is 6. The number of benzene rings is 2. The van der Waals surface area contributed by atoms with Gasteiger partial charge in [-0.05, 0) is 55.3 Å². The molecular weight excluding hydrogens is 384 g/mol. The van der Waals surface area contributed by atoms with Gasteiger partial charge in [-0.2, -0.15) is 26.3 Å². The topological polar surface area (TPSA) is 41.3 Å². The van der Waals surface area contributed by atoms with Crippen LogP contribution in [-0.4, -0.2) is 19.1 Å². The first-order chi connectivity index (χ1) is 13.0. The second-order valence-corrected chi connectivity index (χ2v) is 6.75. The molecule has 0 aliphatic carbocycles. The first-order valence-corrected chi connectivity index (χ1v) is 8.69. The zero-order valence-electron chi connectivity index (χ0n) is 14.7. The number of nitrogens with zero attached hydrogens (tertiary/aromatic N) is 1. The van der Waals surface area contributed by atoms with Crippen LogP contribution < -0.4 is 16.0 Å². The highest BCUT2D eigenvalue weighted by molar-refractivity contribution is 5.67. The molecule has 28 heavy (non-hydrogen) atoms. The van der Waals surface area contributed by atoms with Gasteiger partial charge in [-0.3, -0.25) is 0 Å². The molecule has 0 aromatic heterocycles. The third kappa shape index (κ3) is 4.63. The van der Waals surface area contributed by atoms with Gasteiger partial charge in [0.1, 0.15) is 0 Å². The Labute approximate surface area is 158 Å². The van der Waals surface area contributed by atoms with Gasteiger partial charge in [0, 0.05) is 24.8 Å². The van der Waals surface area contributed by atoms with E-state index in [9.17, 15) is 26.3 Å². The van der Waals surface area contributed by atoms with Crippen molar-refractivity contribution in [3.8, 4) is 0 Å². The van der Waals surface area contributed by atoms with Crippen molar-refractivity contribution in [2.45, 2.75) is 31.2 Å². The molecule has 2 aromatic carbocycles. The molecule has 1 aliphatic heterocycles. The molecular formula is C19H19F6N3. The first-order valence-electron chi connectivity index (χ1n) is 8.69. The standard InChI is InChI=1S/C19H19F6N3/c20-18(21,22)12-1-4-15(5-2-12)28-9-7-14(8-10-28)27-17-6-3-13(11-16(17)26)19(23,24)25/h1-6,11,14,27H,7-10,26H2. The molecule has 0 atom stereocenters. The molecule has 152 valence electrons. The maximum Gasteiger partial charge on any atom is 0.416 e. The largest absolute Gasteiger partial charge is 0.416 e. The van der Waals surface area contributed by atoms with Crippen molar-refractivity contribution >= 4 is 17.1 Å². The van der Waals surface area contributed by atoms with Crippen LogP contribution in [0.2, 0.25) is 0 Å². The van der Waals surface area contributed by atoms with Gasteiger partial charge < -0.3 is 16.0 Å². The van der Waals surface area contributed by atoms with Crippen LogP contribution in [0.5, 0.6) is 0 Å². The Hall–Kier alpha value is -2.58. The highest BCUT2D eigenvalue weighted by Crippen LogP contribution is 2.34. The molecule has 1 saturated heterocycles. The fraction of sp³-hybridized carbons (Fsp3) is 0.368. The number of nitrogens with two attached hydrogens (primary N) is 1. The summed E-state index contributed by atoms with van der Waals surface area (Å²) in [4.78, 5) is 1.98. The molecule has 1 heterocycles. The van der Waals surface area contributed by atoms with Gasteiger partial charge in [-0.1, -0.05) is 0 Å². The molecule has 0 bridgehead atoms. The van der Waals surface area contributed by atoms with E-state index in [1.54, 1.807) is 0 Å². The molecule has 0 spiro atoms. The summed E-state index contributed by atoms with van der Waals surface area (Å²) < 4.78 is 76.1. The molecule has 1 aliphatic rings. The molecule has 3 nitrogen and oxygen atoms in total. The Morgan fingerprint density at radius 3 is 1.86 bits per heavy atom. The minimum Gasteiger partial charge on any atom is -0.397 e. The third-order valence-electron chi connectivity index (χ3n) is 4.79. The van der Waals surface area contributed by atoms with E-state index in [2.05, 4.69) is 5.32 Å². The number of alkyl halides is 6. The average Bonchev–Trinajstić information content (AvgIpc) is 2.62. The summed E-state index contributed by atoms with van der Waals surface area (Å²) in [6, 6.07) is 8.24. The second kappa shape index (κ2) is 7.44. The van der Waals surface area contributed by atoms with Gasteiger partial charge in [0.25, 0.3) is 0 Å². The third-order valence-corrected chi connectivity index (χ3v) is 4.79. The number of anilines is 3. The summed E-state index contributed by atoms with van der Waals surface area (Å²) in [6.07, 6.45) is -7.44. The van der Waals surface area contributed by atoms with E-state index in [0.29, 0.717) is 37.3 Å². The number of hydrogen-bond acceptors (Lipinski definition) is 3. The molecule has 0 unspecified atom stereocenters. The minimum absolute atomic E-state index is 0.0183. The van der Waals surface area contributed by atoms with Gasteiger partial charge in [-0.25, -0.2) is 0 Å². The lowest BCUT2D eigenvalue weighted by Crippen LogP contribution is -2.39. The van der Waals surface area contributed by atoms with E-state index in [1.807, 2.05) is 4.90 Å². The van der Waals surface area contributed by atoms with Crippen molar-refractivity contribution in [2.75, 3.05) is 29.0 Å². The zero-order chi connectivity index (χ0) is 20.5. The predicted octanol–water partition coefficient (Wildman–Crippen LogP) is 5.39. The molecule has 0 saturated carbocycles. The number of piperidine rings is 1. The smallest absolute Gasteiger partial charge is 0.397 e. The summed E-state index contributed by atoms with van der Waals surface area (Å²) in [5, 5.41) is 3.16. The first kappa shape index (κ1) is 20.2. The highest BCUT2D eigenvalue weighted by Gasteiger charge is 2.32. The van der Waals surface area contributed by atoms with Gasteiger partial charge in [-0.15, -0.1) is 0 Å². The van der Waals surface area contributed by atoms with Crippen molar-refractivity contribution in [1.82, 2.24) is 0 Å². The number of nitrogen functional groups attached to an aromatic ring is 1. The molecule has 2 aromatic rings. The molecule has 0 amide bonds. The lowest BCUT2D eigenvalue weighted by molar-refractivity contribution is -0.138. The lowest BCUT2D eigenvalue weighted by atomic mass is 10.0. The van der Waals surface area contributed by atoms with Gasteiger partial charge >= 0.3 is 12.4 Å². The minimum atomic E-state index is -4.44. The van der Waals surface area contributed by atoms with E-state index >= 15 is 0 Å². The Kier molecular flexibility index (Phi) is 5.36. The molecule has 9 heteroatoms. The van der Waals surface area contributed by atoms with Gasteiger partial charge in [0.15, 0.2) is 0 Å². The molecule has 1 fully saturated rings. The maximum atomic E-state index is 12.7. The van der Waals surface area contributed by atoms with Crippen LogP contribution in [0.3, 0.4) is 0 Å². The normalized spacial score (nSPS) is 16.3. The van der Waals surface area contributed by atoms with Gasteiger partial charge in [0.05, 0.1) is 22.5 Å². The second-order valence-electron chi connectivity index (χ2n) is 6.75. The van der Waals surface area contributed by atoms with Crippen LogP contribution in [0.25, 0.3) is 0 Å². The van der Waals surface area contributed by atoms with E-state index in [-0.39, 0.29) is 11.7 Å². The molecule has 3 rings (SSSR count). The van der Waals surface area contributed by atoms with Crippen LogP contribution in [0, 0.1) is 0 Å². The monoisotopic (exact) mass is 403 g/mol. The number of hydrogen-bond donors (Lipinski definition) is 2. The van der Waals surface area contributed by atoms with Crippen molar-refractivity contribution in [3.05, 3.63) is 53.6 Å². The maximum absolute atomic E-state index is 12.7. The van der Waals surface area contributed by atoms with Crippen LogP contribution >= 0.6 is 0 Å². The van der Waals surface area contributed by atoms with Crippen LogP contribution in [0.1, 0.15) is 24.0 Å². The van der Waals surface area contributed by atoms with E-state index in [4.69, 9.17) is 5.73 Å². The SMILES string of the molecule is Nc1cc(C(F)(F)F)ccc1NC1CCN(c2ccc(C(F)(F)F)cc2)CC1. The Morgan fingerprint density at radius 2 is 1.36 bits per heavy atom.